The van der Waals surface area contributed by atoms with Crippen LogP contribution in [0.2, 0.25) is 0 Å². The molecule has 2 aromatic carbocycles. The van der Waals surface area contributed by atoms with E-state index in [2.05, 4.69) is 14.5 Å². The monoisotopic (exact) mass is 461 g/mol. The molecular weight excluding hydrogens is 433 g/mol. The summed E-state index contributed by atoms with van der Waals surface area (Å²) >= 11 is 0. The van der Waals surface area contributed by atoms with Crippen molar-refractivity contribution in [3.8, 4) is 0 Å². The highest BCUT2D eigenvalue weighted by Gasteiger charge is 2.26. The van der Waals surface area contributed by atoms with Gasteiger partial charge >= 0.3 is 5.97 Å². The average molecular weight is 462 g/mol. The van der Waals surface area contributed by atoms with Crippen LogP contribution in [0.5, 0.6) is 0 Å². The number of carbonyl (C=O) groups is 1. The van der Waals surface area contributed by atoms with Crippen molar-refractivity contribution in [1.29, 1.82) is 0 Å². The van der Waals surface area contributed by atoms with E-state index in [-0.39, 0.29) is 16.1 Å². The van der Waals surface area contributed by atoms with Gasteiger partial charge in [-0.3, -0.25) is 4.72 Å². The third-order valence-electron chi connectivity index (χ3n) is 6.18. The minimum absolute atomic E-state index is 0.0612. The van der Waals surface area contributed by atoms with Crippen LogP contribution in [-0.2, 0) is 10.0 Å². The van der Waals surface area contributed by atoms with E-state index in [4.69, 9.17) is 0 Å². The number of aromatic carboxylic acids is 1. The van der Waals surface area contributed by atoms with Crippen molar-refractivity contribution in [2.75, 3.05) is 42.3 Å². The lowest BCUT2D eigenvalue weighted by molar-refractivity contribution is 0.0697. The Morgan fingerprint density at radius 2 is 1.78 bits per heavy atom. The zero-order chi connectivity index (χ0) is 22.7. The molecule has 2 N–H and O–H groups in total. The van der Waals surface area contributed by atoms with Crippen molar-refractivity contribution < 1.29 is 22.7 Å². The van der Waals surface area contributed by atoms with Gasteiger partial charge in [0.05, 0.1) is 16.1 Å². The first kappa shape index (κ1) is 22.5. The molecule has 0 aromatic heterocycles. The van der Waals surface area contributed by atoms with Gasteiger partial charge in [0.15, 0.2) is 0 Å². The number of carboxylic acids is 1. The van der Waals surface area contributed by atoms with Gasteiger partial charge in [-0.05, 0) is 87.2 Å². The van der Waals surface area contributed by atoms with E-state index in [9.17, 15) is 22.7 Å². The second-order valence-electron chi connectivity index (χ2n) is 8.56. The Morgan fingerprint density at radius 3 is 2.47 bits per heavy atom. The SMILES string of the molecule is O=C(O)c1cc(NS(=O)(=O)c2ccc(F)cc2)ccc1N1CCCC(CN2CCCC2)C1. The molecule has 2 aromatic rings. The van der Waals surface area contributed by atoms with E-state index in [0.29, 0.717) is 11.6 Å². The van der Waals surface area contributed by atoms with Gasteiger partial charge in [-0.2, -0.15) is 0 Å². The number of benzene rings is 2. The number of rotatable bonds is 7. The van der Waals surface area contributed by atoms with Crippen LogP contribution >= 0.6 is 0 Å². The van der Waals surface area contributed by atoms with Crippen LogP contribution in [0.25, 0.3) is 0 Å². The van der Waals surface area contributed by atoms with Gasteiger partial charge in [0.25, 0.3) is 10.0 Å². The van der Waals surface area contributed by atoms with Crippen molar-refractivity contribution in [2.45, 2.75) is 30.6 Å². The van der Waals surface area contributed by atoms with E-state index in [0.717, 1.165) is 57.7 Å². The fourth-order valence-corrected chi connectivity index (χ4v) is 5.69. The average Bonchev–Trinajstić information content (AvgIpc) is 3.27. The Morgan fingerprint density at radius 1 is 1.06 bits per heavy atom. The highest BCUT2D eigenvalue weighted by molar-refractivity contribution is 7.92. The van der Waals surface area contributed by atoms with Crippen LogP contribution in [0, 0.1) is 11.7 Å². The smallest absolute Gasteiger partial charge is 0.337 e. The van der Waals surface area contributed by atoms with Crippen LogP contribution in [-0.4, -0.2) is 57.1 Å². The van der Waals surface area contributed by atoms with E-state index >= 15 is 0 Å². The third-order valence-corrected chi connectivity index (χ3v) is 7.58. The van der Waals surface area contributed by atoms with E-state index in [1.54, 1.807) is 12.1 Å². The molecule has 32 heavy (non-hydrogen) atoms. The summed E-state index contributed by atoms with van der Waals surface area (Å²) in [5.74, 6) is -1.16. The minimum Gasteiger partial charge on any atom is -0.478 e. The molecule has 0 radical (unpaired) electrons. The molecule has 2 aliphatic heterocycles. The maximum Gasteiger partial charge on any atom is 0.337 e. The van der Waals surface area contributed by atoms with Crippen LogP contribution in [0.4, 0.5) is 15.8 Å². The number of hydrogen-bond acceptors (Lipinski definition) is 5. The fraction of sp³-hybridized carbons (Fsp3) is 0.435. The molecule has 4 rings (SSSR count). The molecule has 0 amide bonds. The van der Waals surface area contributed by atoms with Crippen molar-refractivity contribution in [3.63, 3.8) is 0 Å². The number of piperidine rings is 1. The van der Waals surface area contributed by atoms with Crippen molar-refractivity contribution in [3.05, 3.63) is 53.8 Å². The summed E-state index contributed by atoms with van der Waals surface area (Å²) in [6, 6.07) is 9.06. The Labute approximate surface area is 187 Å². The number of halogens is 1. The number of nitrogens with zero attached hydrogens (tertiary/aromatic N) is 2. The lowest BCUT2D eigenvalue weighted by atomic mass is 9.96. The Hall–Kier alpha value is -2.65. The van der Waals surface area contributed by atoms with Gasteiger partial charge in [-0.1, -0.05) is 0 Å². The number of carboxylic acid groups (broad SMARTS) is 1. The molecule has 7 nitrogen and oxygen atoms in total. The summed E-state index contributed by atoms with van der Waals surface area (Å²) in [7, 11) is -3.96. The third kappa shape index (κ3) is 5.21. The normalized spacial score (nSPS) is 19.8. The maximum atomic E-state index is 13.1. The molecule has 172 valence electrons. The number of hydrogen-bond donors (Lipinski definition) is 2. The minimum atomic E-state index is -3.96. The van der Waals surface area contributed by atoms with Crippen molar-refractivity contribution >= 4 is 27.4 Å². The second-order valence-corrected chi connectivity index (χ2v) is 10.2. The number of nitrogens with one attached hydrogen (secondary N) is 1. The standard InChI is InChI=1S/C23H28FN3O4S/c24-18-5-8-20(9-6-18)32(30,31)25-19-7-10-22(21(14-19)23(28)29)27-13-3-4-17(16-27)15-26-11-1-2-12-26/h5-10,14,17,25H,1-4,11-13,15-16H2,(H,28,29). The largest absolute Gasteiger partial charge is 0.478 e. The zero-order valence-corrected chi connectivity index (χ0v) is 18.7. The highest BCUT2D eigenvalue weighted by atomic mass is 32.2. The number of likely N-dealkylation sites (tertiary alicyclic amines) is 1. The number of sulfonamides is 1. The predicted molar refractivity (Wildman–Crippen MR) is 121 cm³/mol. The first-order chi connectivity index (χ1) is 15.3. The number of anilines is 2. The molecular formula is C23H28FN3O4S. The Bertz CT molecular complexity index is 1070. The van der Waals surface area contributed by atoms with Gasteiger partial charge in [-0.25, -0.2) is 17.6 Å². The lowest BCUT2D eigenvalue weighted by Crippen LogP contribution is -2.41. The van der Waals surface area contributed by atoms with Crippen LogP contribution in [0.3, 0.4) is 0 Å². The summed E-state index contributed by atoms with van der Waals surface area (Å²) in [5, 5.41) is 9.81. The van der Waals surface area contributed by atoms with Crippen LogP contribution in [0.1, 0.15) is 36.0 Å². The topological polar surface area (TPSA) is 89.9 Å². The summed E-state index contributed by atoms with van der Waals surface area (Å²) in [4.78, 5) is 16.5. The van der Waals surface area contributed by atoms with E-state index in [1.165, 1.54) is 31.0 Å². The zero-order valence-electron chi connectivity index (χ0n) is 17.8. The van der Waals surface area contributed by atoms with Gasteiger partial charge in [0.1, 0.15) is 5.82 Å². The molecule has 2 aliphatic rings. The molecule has 2 fully saturated rings. The molecule has 2 heterocycles. The molecule has 0 spiro atoms. The molecule has 1 atom stereocenters. The summed E-state index contributed by atoms with van der Waals surface area (Å²) in [5.41, 5.74) is 0.820. The first-order valence-electron chi connectivity index (χ1n) is 10.9. The first-order valence-corrected chi connectivity index (χ1v) is 12.4. The highest BCUT2D eigenvalue weighted by Crippen LogP contribution is 2.30. The van der Waals surface area contributed by atoms with Crippen LogP contribution in [0.15, 0.2) is 47.4 Å². The van der Waals surface area contributed by atoms with E-state index < -0.39 is 21.8 Å². The maximum absolute atomic E-state index is 13.1. The summed E-state index contributed by atoms with van der Waals surface area (Å²) in [6.45, 7) is 4.88. The molecule has 0 bridgehead atoms. The van der Waals surface area contributed by atoms with Gasteiger partial charge in [0, 0.05) is 25.3 Å². The van der Waals surface area contributed by atoms with Crippen molar-refractivity contribution in [2.24, 2.45) is 5.92 Å². The Balaban J connectivity index is 1.52. The van der Waals surface area contributed by atoms with Gasteiger partial charge in [-0.15, -0.1) is 0 Å². The molecule has 2 saturated heterocycles. The quantitative estimate of drug-likeness (QED) is 0.654. The molecule has 0 saturated carbocycles. The lowest BCUT2D eigenvalue weighted by Gasteiger charge is -2.36. The van der Waals surface area contributed by atoms with Crippen molar-refractivity contribution in [1.82, 2.24) is 4.90 Å². The molecule has 0 aliphatic carbocycles. The molecule has 1 unspecified atom stereocenters. The molecule has 9 heteroatoms. The van der Waals surface area contributed by atoms with Gasteiger partial charge in [0.2, 0.25) is 0 Å². The fourth-order valence-electron chi connectivity index (χ4n) is 4.64. The van der Waals surface area contributed by atoms with Crippen LogP contribution < -0.4 is 9.62 Å². The predicted octanol–water partition coefficient (Wildman–Crippen LogP) is 3.64. The van der Waals surface area contributed by atoms with E-state index in [1.807, 2.05) is 0 Å². The summed E-state index contributed by atoms with van der Waals surface area (Å²) < 4.78 is 40.7. The Kier molecular flexibility index (Phi) is 6.66. The summed E-state index contributed by atoms with van der Waals surface area (Å²) in [6.07, 6.45) is 4.62. The second kappa shape index (κ2) is 9.46. The van der Waals surface area contributed by atoms with Gasteiger partial charge < -0.3 is 14.9 Å².